The molecule has 33 heavy (non-hydrogen) atoms. The van der Waals surface area contributed by atoms with E-state index in [1.807, 2.05) is 0 Å². The molecule has 17 heteroatoms. The van der Waals surface area contributed by atoms with Crippen LogP contribution in [0.3, 0.4) is 0 Å². The Morgan fingerprint density at radius 1 is 0.212 bits per heavy atom. The van der Waals surface area contributed by atoms with Crippen LogP contribution in [0.2, 0.25) is 0 Å². The fraction of sp³-hybridized carbons (Fsp3) is 0.375. The largest absolute Gasteiger partial charge is 0.358 e. The van der Waals surface area contributed by atoms with E-state index in [0.29, 0.717) is 0 Å². The molecule has 0 nitrogen and oxygen atoms in total. The normalized spacial score (nSPS) is 1.64. The third-order valence-corrected chi connectivity index (χ3v) is 0.957. The Morgan fingerprint density at radius 3 is 0.303 bits per heavy atom. The van der Waals surface area contributed by atoms with Crippen molar-refractivity contribution < 1.29 is 556 Å². The average Bonchev–Trinajstić information content (AvgIpc) is 1.61. The number of unbranched alkanes of at least 4 members (excludes halogenated alkanes) is 3. The summed E-state index contributed by atoms with van der Waals surface area (Å²) in [6, 6.07) is 0. The van der Waals surface area contributed by atoms with Gasteiger partial charge in [-0.25, -0.2) is 0 Å². The van der Waals surface area contributed by atoms with Gasteiger partial charge in [-0.2, -0.15) is 0 Å². The van der Waals surface area contributed by atoms with Gasteiger partial charge < -0.3 is 74.3 Å². The molecule has 0 bridgehead atoms. The summed E-state index contributed by atoms with van der Waals surface area (Å²) in [6.07, 6.45) is 5.54. The smallest absolute Gasteiger partial charge is 0 e. The fourth-order valence-corrected chi connectivity index (χ4v) is 0.500. The molecular weight excluding hydrogens is 1700 g/mol. The topological polar surface area (TPSA) is 0 Å². The van der Waals surface area contributed by atoms with Gasteiger partial charge in [-0.1, -0.05) is 39.5 Å². The Balaban J connectivity index is -0.000000000356. The average molecular weight is 1750 g/mol. The van der Waals surface area contributed by atoms with Gasteiger partial charge in [0.05, 0.1) is 0 Å². The van der Waals surface area contributed by atoms with Crippen LogP contribution in [0.4, 0.5) is 0 Å². The molecule has 169 valence electrons. The fourth-order valence-electron chi connectivity index (χ4n) is 0.500. The predicted molar refractivity (Wildman–Crippen MR) is 94.0 cm³/mol. The third-order valence-electron chi connectivity index (χ3n) is 0.957. The van der Waals surface area contributed by atoms with Gasteiger partial charge >= 0.3 is 0 Å². The molecule has 0 spiro atoms. The Labute approximate surface area is 648 Å². The predicted octanol–water partition coefficient (Wildman–Crippen LogP) is 7.05. The molecule has 0 N–H and O–H groups in total. The van der Waals surface area contributed by atoms with Gasteiger partial charge in [0, 0.05) is 556 Å². The van der Waals surface area contributed by atoms with Crippen molar-refractivity contribution in [3.63, 3.8) is 0 Å². The maximum atomic E-state index is 2.23. The molecule has 0 atom stereocenters. The summed E-state index contributed by atoms with van der Waals surface area (Å²) >= 11 is 0. The second kappa shape index (κ2) is 243. The van der Waals surface area contributed by atoms with Crippen LogP contribution in [0, 0.1) is 74.3 Å². The van der Waals surface area contributed by atoms with Crippen molar-refractivity contribution in [1.29, 1.82) is 0 Å². The first-order chi connectivity index (χ1) is 2.91. The van der Waals surface area contributed by atoms with Gasteiger partial charge in [0.15, 0.2) is 0 Å². The molecule has 0 aliphatic heterocycles. The van der Waals surface area contributed by atoms with Crippen LogP contribution in [0.25, 0.3) is 0 Å². The van der Waals surface area contributed by atoms with Crippen LogP contribution < -0.4 is 0 Å². The van der Waals surface area contributed by atoms with Crippen LogP contribution >= 0.6 is 0 Å². The van der Waals surface area contributed by atoms with Crippen LogP contribution in [0.5, 0.6) is 0 Å². The van der Waals surface area contributed by atoms with Crippen molar-refractivity contribution in [2.45, 2.75) is 39.5 Å². The summed E-state index contributed by atoms with van der Waals surface area (Å²) in [7, 11) is 0. The van der Waals surface area contributed by atoms with Crippen molar-refractivity contribution in [2.24, 2.45) is 0 Å². The zero-order valence-electron chi connectivity index (χ0n) is 24.6. The number of rotatable bonds is 3. The number of hydrogen-bond acceptors (Lipinski definition) is 0. The molecule has 0 heterocycles. The van der Waals surface area contributed by atoms with E-state index in [0.717, 1.165) is 0 Å². The van der Waals surface area contributed by atoms with Crippen molar-refractivity contribution in [2.75, 3.05) is 0 Å². The molecule has 0 rings (SSSR count). The van der Waals surface area contributed by atoms with Gasteiger partial charge in [0.25, 0.3) is 0 Å². The van der Waals surface area contributed by atoms with Crippen LogP contribution in [-0.4, -0.2) is 0 Å². The van der Waals surface area contributed by atoms with Crippen LogP contribution in [-0.2, 0) is 556 Å². The van der Waals surface area contributed by atoms with Crippen LogP contribution in [0.15, 0.2) is 0 Å². The minimum absolute atomic E-state index is 0. The molecule has 0 aromatic carbocycles. The molecule has 0 aromatic heterocycles. The van der Waals surface area contributed by atoms with Crippen molar-refractivity contribution >= 4 is 0 Å². The monoisotopic (exact) mass is 1750 g/mol. The molecule has 0 saturated carbocycles. The van der Waals surface area contributed by atoms with Gasteiger partial charge in [0.1, 0.15) is 0 Å². The van der Waals surface area contributed by atoms with E-state index in [-0.39, 0.29) is 630 Å². The quantitative estimate of drug-likeness (QED) is 0.210. The summed E-state index contributed by atoms with van der Waals surface area (Å²) in [4.78, 5) is 0. The molecule has 17 radical (unpaired) electrons. The minimum Gasteiger partial charge on any atom is -0.358 e. The van der Waals surface area contributed by atoms with E-state index in [9.17, 15) is 0 Å². The molecule has 0 fully saturated rings. The Bertz CT molecular complexity index is 45.0. The summed E-state index contributed by atoms with van der Waals surface area (Å²) in [5.74, 6) is 0. The maximum Gasteiger partial charge on any atom is 0 e. The Kier molecular flexibility index (Phi) is 1740. The van der Waals surface area contributed by atoms with E-state index >= 15 is 0 Å². The molecule has 0 aliphatic rings. The van der Waals surface area contributed by atoms with Crippen molar-refractivity contribution in [3.8, 4) is 0 Å². The SMILES string of the molecule is CCCCCC.[CH3-].[CH3-].[CH3-].[CH3-].[CH3-].[CH3-].[CH3-].[CH3-].[CH3-].[CH3-].[Y].[Y].[Y].[Y].[Y].[Y].[Y].[Y].[Y].[Y].[Y].[Y].[Y].[Y].[Y].[Y].[Y]. The summed E-state index contributed by atoms with van der Waals surface area (Å²) in [5.41, 5.74) is 0. The summed E-state index contributed by atoms with van der Waals surface area (Å²) in [6.45, 7) is 4.46. The zero-order chi connectivity index (χ0) is 4.83. The first kappa shape index (κ1) is 236. The Hall–Kier alpha value is 18.8. The van der Waals surface area contributed by atoms with Gasteiger partial charge in [-0.3, -0.25) is 0 Å². The second-order valence-electron chi connectivity index (χ2n) is 1.71. The van der Waals surface area contributed by atoms with Gasteiger partial charge in [-0.05, 0) is 0 Å². The molecule has 0 saturated heterocycles. The summed E-state index contributed by atoms with van der Waals surface area (Å²) in [5, 5.41) is 0. The van der Waals surface area contributed by atoms with Gasteiger partial charge in [-0.15, -0.1) is 0 Å². The molecule has 0 amide bonds. The first-order valence-electron chi connectivity index (χ1n) is 2.91. The second-order valence-corrected chi connectivity index (χ2v) is 1.71. The molecule has 0 unspecified atom stereocenters. The maximum absolute atomic E-state index is 2.23. The van der Waals surface area contributed by atoms with Gasteiger partial charge in [0.2, 0.25) is 0 Å². The molecule has 0 aromatic rings. The first-order valence-corrected chi connectivity index (χ1v) is 2.91. The Morgan fingerprint density at radius 2 is 0.273 bits per heavy atom. The minimum atomic E-state index is 0. The van der Waals surface area contributed by atoms with Crippen LogP contribution in [0.1, 0.15) is 39.5 Å². The van der Waals surface area contributed by atoms with Crippen molar-refractivity contribution in [1.82, 2.24) is 0 Å². The van der Waals surface area contributed by atoms with E-state index in [1.165, 1.54) is 25.7 Å². The van der Waals surface area contributed by atoms with E-state index in [4.69, 9.17) is 0 Å². The molecular formula is C16H44Y17-10. The summed E-state index contributed by atoms with van der Waals surface area (Å²) < 4.78 is 0. The van der Waals surface area contributed by atoms with Crippen molar-refractivity contribution in [3.05, 3.63) is 74.3 Å². The molecule has 0 aliphatic carbocycles. The zero-order valence-corrected chi connectivity index (χ0v) is 72.9. The van der Waals surface area contributed by atoms with E-state index in [2.05, 4.69) is 13.8 Å². The number of hydrogen-bond donors (Lipinski definition) is 0. The standard InChI is InChI=1S/C6H14.10CH3.17Y/c1-3-5-6-4-2;;;;;;;;;;;;;;;;;;;;;;;;;;;/h3-6H2,1-2H3;10*1H3;;;;;;;;;;;;;;;;;/q;10*-1;;;;;;;;;;;;;;;;;. The third kappa shape index (κ3) is 255. The van der Waals surface area contributed by atoms with E-state index in [1.54, 1.807) is 0 Å². The van der Waals surface area contributed by atoms with E-state index < -0.39 is 0 Å².